The van der Waals surface area contributed by atoms with Crippen LogP contribution in [0.25, 0.3) is 22.5 Å². The van der Waals surface area contributed by atoms with Crippen LogP contribution < -0.4 is 5.14 Å². The molecule has 27 heavy (non-hydrogen) atoms. The van der Waals surface area contributed by atoms with Gasteiger partial charge in [-0.3, -0.25) is 4.98 Å². The summed E-state index contributed by atoms with van der Waals surface area (Å²) in [5, 5.41) is 8.33. The number of aromatic nitrogens is 2. The van der Waals surface area contributed by atoms with Crippen LogP contribution in [0.3, 0.4) is 0 Å². The van der Waals surface area contributed by atoms with Gasteiger partial charge in [0.15, 0.2) is 0 Å². The van der Waals surface area contributed by atoms with Gasteiger partial charge in [0.25, 0.3) is 6.43 Å². The van der Waals surface area contributed by atoms with Crippen molar-refractivity contribution in [2.24, 2.45) is 5.14 Å². The summed E-state index contributed by atoms with van der Waals surface area (Å²) < 4.78 is 82.6. The van der Waals surface area contributed by atoms with E-state index in [1.165, 1.54) is 6.07 Å². The van der Waals surface area contributed by atoms with Crippen LogP contribution >= 0.6 is 0 Å². The maximum Gasteiger partial charge on any atom is 0.298 e. The predicted molar refractivity (Wildman–Crippen MR) is 86.2 cm³/mol. The summed E-state index contributed by atoms with van der Waals surface area (Å²) in [6.07, 6.45) is -3.19. The molecule has 1 aromatic carbocycles. The van der Waals surface area contributed by atoms with Gasteiger partial charge in [-0.05, 0) is 31.2 Å². The Labute approximate surface area is 150 Å². The van der Waals surface area contributed by atoms with Crippen molar-refractivity contribution in [3.8, 4) is 22.5 Å². The SMILES string of the molecule is Cc1cccc(-c2noc(C(F)F)c2-c2cc(F)c(S(N)(=O)=O)cc2F)n1. The molecular weight excluding hydrogens is 390 g/mol. The lowest BCUT2D eigenvalue weighted by atomic mass is 10.0. The first kappa shape index (κ1) is 19.0. The first-order valence-corrected chi connectivity index (χ1v) is 8.88. The van der Waals surface area contributed by atoms with E-state index < -0.39 is 49.9 Å². The lowest BCUT2D eigenvalue weighted by Crippen LogP contribution is -2.14. The summed E-state index contributed by atoms with van der Waals surface area (Å²) in [7, 11) is -4.55. The van der Waals surface area contributed by atoms with Crippen LogP contribution in [0.5, 0.6) is 0 Å². The molecule has 2 heterocycles. The maximum absolute atomic E-state index is 14.5. The van der Waals surface area contributed by atoms with E-state index in [9.17, 15) is 26.0 Å². The number of nitrogens with zero attached hydrogens (tertiary/aromatic N) is 2. The Balaban J connectivity index is 2.31. The molecule has 0 spiro atoms. The molecule has 0 aliphatic heterocycles. The van der Waals surface area contributed by atoms with Crippen molar-refractivity contribution in [3.63, 3.8) is 0 Å². The van der Waals surface area contributed by atoms with Gasteiger partial charge in [-0.1, -0.05) is 11.2 Å². The summed E-state index contributed by atoms with van der Waals surface area (Å²) >= 11 is 0. The Kier molecular flexibility index (Phi) is 4.74. The first-order valence-electron chi connectivity index (χ1n) is 7.33. The molecule has 0 aliphatic rings. The number of nitrogens with two attached hydrogens (primary N) is 1. The van der Waals surface area contributed by atoms with E-state index in [1.54, 1.807) is 19.1 Å². The zero-order valence-corrected chi connectivity index (χ0v) is 14.4. The Hall–Kier alpha value is -2.79. The highest BCUT2D eigenvalue weighted by Crippen LogP contribution is 2.40. The van der Waals surface area contributed by atoms with Gasteiger partial charge in [-0.2, -0.15) is 0 Å². The maximum atomic E-state index is 14.5. The molecular formula is C16H11F4N3O3S. The van der Waals surface area contributed by atoms with Crippen LogP contribution in [-0.2, 0) is 10.0 Å². The Morgan fingerprint density at radius 2 is 1.85 bits per heavy atom. The van der Waals surface area contributed by atoms with Crippen LogP contribution in [0, 0.1) is 18.6 Å². The molecule has 6 nitrogen and oxygen atoms in total. The second-order valence-electron chi connectivity index (χ2n) is 5.54. The largest absolute Gasteiger partial charge is 0.354 e. The molecule has 3 aromatic rings. The number of rotatable bonds is 4. The Bertz CT molecular complexity index is 1130. The second kappa shape index (κ2) is 6.74. The highest BCUT2D eigenvalue weighted by Gasteiger charge is 2.30. The number of hydrogen-bond donors (Lipinski definition) is 1. The molecule has 3 rings (SSSR count). The molecule has 0 saturated carbocycles. The number of alkyl halides is 2. The molecule has 0 aliphatic carbocycles. The van der Waals surface area contributed by atoms with Gasteiger partial charge in [0.05, 0.1) is 11.3 Å². The van der Waals surface area contributed by atoms with E-state index in [1.807, 2.05) is 0 Å². The third-order valence-corrected chi connectivity index (χ3v) is 4.57. The molecule has 2 N–H and O–H groups in total. The van der Waals surface area contributed by atoms with E-state index in [0.717, 1.165) is 0 Å². The van der Waals surface area contributed by atoms with E-state index in [2.05, 4.69) is 14.7 Å². The van der Waals surface area contributed by atoms with Gasteiger partial charge in [-0.25, -0.2) is 31.1 Å². The Morgan fingerprint density at radius 1 is 1.15 bits per heavy atom. The minimum absolute atomic E-state index is 0.0935. The van der Waals surface area contributed by atoms with E-state index in [-0.39, 0.29) is 11.4 Å². The van der Waals surface area contributed by atoms with Crippen LogP contribution in [0.4, 0.5) is 17.6 Å². The van der Waals surface area contributed by atoms with Crippen molar-refractivity contribution in [1.82, 2.24) is 10.1 Å². The van der Waals surface area contributed by atoms with E-state index in [0.29, 0.717) is 17.8 Å². The van der Waals surface area contributed by atoms with Crippen molar-refractivity contribution in [2.45, 2.75) is 18.2 Å². The third-order valence-electron chi connectivity index (χ3n) is 3.65. The van der Waals surface area contributed by atoms with Crippen LogP contribution in [0.1, 0.15) is 17.9 Å². The van der Waals surface area contributed by atoms with Crippen molar-refractivity contribution in [2.75, 3.05) is 0 Å². The lowest BCUT2D eigenvalue weighted by molar-refractivity contribution is 0.113. The van der Waals surface area contributed by atoms with Gasteiger partial charge >= 0.3 is 0 Å². The molecule has 0 atom stereocenters. The average molecular weight is 401 g/mol. The number of pyridine rings is 1. The fourth-order valence-corrected chi connectivity index (χ4v) is 3.10. The number of halogens is 4. The number of benzene rings is 1. The summed E-state index contributed by atoms with van der Waals surface area (Å²) in [5.41, 5.74) is -0.807. The summed E-state index contributed by atoms with van der Waals surface area (Å²) in [5.74, 6) is -3.70. The second-order valence-corrected chi connectivity index (χ2v) is 7.07. The van der Waals surface area contributed by atoms with Crippen molar-refractivity contribution < 1.29 is 30.5 Å². The zero-order valence-electron chi connectivity index (χ0n) is 13.6. The lowest BCUT2D eigenvalue weighted by Gasteiger charge is -2.08. The van der Waals surface area contributed by atoms with Gasteiger partial charge in [0, 0.05) is 11.3 Å². The molecule has 11 heteroatoms. The molecule has 0 amide bonds. The normalized spacial score (nSPS) is 12.0. The molecule has 0 unspecified atom stereocenters. The van der Waals surface area contributed by atoms with Crippen molar-refractivity contribution >= 4 is 10.0 Å². The molecule has 142 valence electrons. The minimum atomic E-state index is -4.55. The number of primary sulfonamides is 1. The van der Waals surface area contributed by atoms with Gasteiger partial charge < -0.3 is 4.52 Å². The van der Waals surface area contributed by atoms with Gasteiger partial charge in [-0.15, -0.1) is 0 Å². The van der Waals surface area contributed by atoms with Crippen LogP contribution in [-0.4, -0.2) is 18.6 Å². The molecule has 0 radical (unpaired) electrons. The quantitative estimate of drug-likeness (QED) is 0.674. The third kappa shape index (κ3) is 3.55. The summed E-state index contributed by atoms with van der Waals surface area (Å²) in [4.78, 5) is 3.01. The van der Waals surface area contributed by atoms with E-state index in [4.69, 9.17) is 5.14 Å². The highest BCUT2D eigenvalue weighted by molar-refractivity contribution is 7.89. The Morgan fingerprint density at radius 3 is 2.44 bits per heavy atom. The fraction of sp³-hybridized carbons (Fsp3) is 0.125. The number of sulfonamides is 1. The predicted octanol–water partition coefficient (Wildman–Crippen LogP) is 3.58. The number of aryl methyl sites for hydroxylation is 1. The average Bonchev–Trinajstić information content (AvgIpc) is 3.00. The van der Waals surface area contributed by atoms with E-state index >= 15 is 0 Å². The van der Waals surface area contributed by atoms with Crippen molar-refractivity contribution in [1.29, 1.82) is 0 Å². The number of hydrogen-bond acceptors (Lipinski definition) is 5. The molecule has 0 bridgehead atoms. The topological polar surface area (TPSA) is 99.1 Å². The standard InChI is InChI=1S/C16H11F4N3O3S/c1-7-3-2-4-11(22-7)14-13(15(16(19)20)26-23-14)8-5-10(18)12(6-9(8)17)27(21,24)25/h2-6,16H,1H3,(H2,21,24,25). The fourth-order valence-electron chi connectivity index (χ4n) is 2.50. The molecule has 0 fully saturated rings. The molecule has 2 aromatic heterocycles. The van der Waals surface area contributed by atoms with Crippen LogP contribution in [0.15, 0.2) is 39.8 Å². The monoisotopic (exact) mass is 401 g/mol. The minimum Gasteiger partial charge on any atom is -0.354 e. The van der Waals surface area contributed by atoms with Crippen LogP contribution in [0.2, 0.25) is 0 Å². The summed E-state index contributed by atoms with van der Waals surface area (Å²) in [6, 6.07) is 5.40. The molecule has 0 saturated heterocycles. The van der Waals surface area contributed by atoms with Gasteiger partial charge in [0.1, 0.15) is 22.2 Å². The van der Waals surface area contributed by atoms with Crippen molar-refractivity contribution in [3.05, 3.63) is 53.4 Å². The smallest absolute Gasteiger partial charge is 0.298 e. The zero-order chi connectivity index (χ0) is 19.9. The first-order chi connectivity index (χ1) is 12.6. The van der Waals surface area contributed by atoms with Gasteiger partial charge in [0.2, 0.25) is 15.8 Å². The summed E-state index contributed by atoms with van der Waals surface area (Å²) in [6.45, 7) is 1.64. The highest BCUT2D eigenvalue weighted by atomic mass is 32.2.